The topological polar surface area (TPSA) is 68.1 Å². The predicted octanol–water partition coefficient (Wildman–Crippen LogP) is 1.90. The third-order valence-corrected chi connectivity index (χ3v) is 4.75. The summed E-state index contributed by atoms with van der Waals surface area (Å²) in [6.45, 7) is 5.62. The van der Waals surface area contributed by atoms with Crippen LogP contribution in [0.4, 0.5) is 11.4 Å². The monoisotopic (exact) mass is 321 g/mol. The van der Waals surface area contributed by atoms with Gasteiger partial charge in [0.2, 0.25) is 0 Å². The molecule has 0 radical (unpaired) electrons. The van der Waals surface area contributed by atoms with Crippen molar-refractivity contribution in [3.63, 3.8) is 0 Å². The highest BCUT2D eigenvalue weighted by Crippen LogP contribution is 2.32. The molecule has 7 nitrogen and oxygen atoms in total. The predicted molar refractivity (Wildman–Crippen MR) is 87.3 cm³/mol. The van der Waals surface area contributed by atoms with Crippen molar-refractivity contribution in [2.24, 2.45) is 0 Å². The molecule has 23 heavy (non-hydrogen) atoms. The molecule has 2 aliphatic heterocycles. The lowest BCUT2D eigenvalue weighted by atomic mass is 10.1. The summed E-state index contributed by atoms with van der Waals surface area (Å²) in [4.78, 5) is 15.4. The summed E-state index contributed by atoms with van der Waals surface area (Å²) in [5.41, 5.74) is 0.996. The second kappa shape index (κ2) is 7.14. The first-order valence-corrected chi connectivity index (χ1v) is 8.08. The quantitative estimate of drug-likeness (QED) is 0.623. The highest BCUT2D eigenvalue weighted by Gasteiger charge is 2.26. The summed E-state index contributed by atoms with van der Waals surface area (Å²) < 4.78 is 10.6. The van der Waals surface area contributed by atoms with Gasteiger partial charge in [0.05, 0.1) is 12.0 Å². The van der Waals surface area contributed by atoms with Crippen LogP contribution < -0.4 is 9.64 Å². The number of benzene rings is 1. The maximum absolute atomic E-state index is 11.0. The van der Waals surface area contributed by atoms with Gasteiger partial charge in [-0.1, -0.05) is 0 Å². The van der Waals surface area contributed by atoms with E-state index >= 15 is 0 Å². The van der Waals surface area contributed by atoms with Crippen molar-refractivity contribution in [2.75, 3.05) is 51.4 Å². The van der Waals surface area contributed by atoms with E-state index in [0.717, 1.165) is 57.9 Å². The Kier molecular flexibility index (Phi) is 4.97. The Morgan fingerprint density at radius 2 is 1.91 bits per heavy atom. The summed E-state index contributed by atoms with van der Waals surface area (Å²) in [5, 5.41) is 11.0. The number of hydrogen-bond acceptors (Lipinski definition) is 6. The molecule has 0 aliphatic carbocycles. The molecule has 0 spiro atoms. The van der Waals surface area contributed by atoms with Crippen LogP contribution >= 0.6 is 0 Å². The number of nitro groups is 1. The van der Waals surface area contributed by atoms with Crippen molar-refractivity contribution in [2.45, 2.75) is 18.9 Å². The number of nitro benzene ring substituents is 1. The lowest BCUT2D eigenvalue weighted by Crippen LogP contribution is -2.51. The molecule has 3 rings (SSSR count). The minimum absolute atomic E-state index is 0.0112. The molecule has 0 atom stereocenters. The van der Waals surface area contributed by atoms with E-state index in [0.29, 0.717) is 11.8 Å². The van der Waals surface area contributed by atoms with Gasteiger partial charge in [0.25, 0.3) is 0 Å². The molecule has 2 fully saturated rings. The van der Waals surface area contributed by atoms with E-state index in [-0.39, 0.29) is 5.69 Å². The maximum Gasteiger partial charge on any atom is 0.311 e. The summed E-state index contributed by atoms with van der Waals surface area (Å²) in [5.74, 6) is 0.319. The molecule has 0 aromatic heterocycles. The molecular formula is C16H23N3O4. The highest BCUT2D eigenvalue weighted by atomic mass is 16.6. The average Bonchev–Trinajstić information content (AvgIpc) is 2.62. The van der Waals surface area contributed by atoms with E-state index in [1.54, 1.807) is 6.07 Å². The van der Waals surface area contributed by atoms with Gasteiger partial charge in [-0.3, -0.25) is 15.0 Å². The van der Waals surface area contributed by atoms with Crippen LogP contribution in [0.2, 0.25) is 0 Å². The van der Waals surface area contributed by atoms with E-state index in [1.165, 1.54) is 13.2 Å². The lowest BCUT2D eigenvalue weighted by molar-refractivity contribution is -0.385. The Bertz CT molecular complexity index is 552. The Balaban J connectivity index is 1.64. The van der Waals surface area contributed by atoms with Gasteiger partial charge in [-0.15, -0.1) is 0 Å². The summed E-state index contributed by atoms with van der Waals surface area (Å²) in [7, 11) is 1.47. The number of methoxy groups -OCH3 is 1. The molecule has 0 amide bonds. The minimum Gasteiger partial charge on any atom is -0.490 e. The van der Waals surface area contributed by atoms with Crippen LogP contribution in [0.3, 0.4) is 0 Å². The number of nitrogens with zero attached hydrogens (tertiary/aromatic N) is 3. The lowest BCUT2D eigenvalue weighted by Gasteiger charge is -2.41. The van der Waals surface area contributed by atoms with Crippen LogP contribution in [0.1, 0.15) is 12.8 Å². The maximum atomic E-state index is 11.0. The molecular weight excluding hydrogens is 298 g/mol. The first kappa shape index (κ1) is 16.0. The van der Waals surface area contributed by atoms with Crippen LogP contribution in [0, 0.1) is 10.1 Å². The Labute approximate surface area is 135 Å². The molecule has 7 heteroatoms. The molecule has 2 saturated heterocycles. The van der Waals surface area contributed by atoms with Crippen LogP contribution in [-0.2, 0) is 4.74 Å². The SMILES string of the molecule is COc1cc(N2CCN(C3CCOCC3)CC2)ccc1[N+](=O)[O-]. The van der Waals surface area contributed by atoms with Crippen molar-refractivity contribution < 1.29 is 14.4 Å². The molecule has 2 aliphatic rings. The van der Waals surface area contributed by atoms with Crippen molar-refractivity contribution in [3.8, 4) is 5.75 Å². The molecule has 2 heterocycles. The second-order valence-electron chi connectivity index (χ2n) is 5.98. The van der Waals surface area contributed by atoms with Gasteiger partial charge in [-0.25, -0.2) is 0 Å². The van der Waals surface area contributed by atoms with Crippen molar-refractivity contribution in [1.82, 2.24) is 4.90 Å². The van der Waals surface area contributed by atoms with Crippen LogP contribution in [0.15, 0.2) is 18.2 Å². The molecule has 0 saturated carbocycles. The number of rotatable bonds is 4. The summed E-state index contributed by atoms with van der Waals surface area (Å²) >= 11 is 0. The number of anilines is 1. The van der Waals surface area contributed by atoms with Crippen molar-refractivity contribution in [1.29, 1.82) is 0 Å². The largest absolute Gasteiger partial charge is 0.490 e. The van der Waals surface area contributed by atoms with Gasteiger partial charge in [-0.05, 0) is 18.9 Å². The zero-order chi connectivity index (χ0) is 16.2. The first-order chi connectivity index (χ1) is 11.2. The Morgan fingerprint density at radius 1 is 1.22 bits per heavy atom. The average molecular weight is 321 g/mol. The normalized spacial score (nSPS) is 20.5. The van der Waals surface area contributed by atoms with E-state index in [4.69, 9.17) is 9.47 Å². The summed E-state index contributed by atoms with van der Waals surface area (Å²) in [6.07, 6.45) is 2.23. The standard InChI is InChI=1S/C16H23N3O4/c1-22-16-12-14(2-3-15(16)19(20)21)18-8-6-17(7-9-18)13-4-10-23-11-5-13/h2-3,12-13H,4-11H2,1H3. The molecule has 126 valence electrons. The number of hydrogen-bond donors (Lipinski definition) is 0. The highest BCUT2D eigenvalue weighted by molar-refractivity contribution is 5.59. The third-order valence-electron chi connectivity index (χ3n) is 4.75. The number of piperazine rings is 1. The van der Waals surface area contributed by atoms with Gasteiger partial charge in [0, 0.05) is 63.3 Å². The Hall–Kier alpha value is -1.86. The molecule has 0 bridgehead atoms. The third kappa shape index (κ3) is 3.56. The van der Waals surface area contributed by atoms with Crippen molar-refractivity contribution in [3.05, 3.63) is 28.3 Å². The van der Waals surface area contributed by atoms with E-state index < -0.39 is 4.92 Å². The van der Waals surface area contributed by atoms with Gasteiger partial charge in [0.1, 0.15) is 0 Å². The van der Waals surface area contributed by atoms with E-state index in [2.05, 4.69) is 9.80 Å². The first-order valence-electron chi connectivity index (χ1n) is 8.08. The smallest absolute Gasteiger partial charge is 0.311 e. The van der Waals surface area contributed by atoms with Crippen molar-refractivity contribution >= 4 is 11.4 Å². The minimum atomic E-state index is -0.411. The van der Waals surface area contributed by atoms with Crippen LogP contribution in [-0.4, -0.2) is 62.4 Å². The summed E-state index contributed by atoms with van der Waals surface area (Å²) in [6, 6.07) is 5.74. The molecule has 1 aromatic rings. The number of ether oxygens (including phenoxy) is 2. The molecule has 0 N–H and O–H groups in total. The van der Waals surface area contributed by atoms with Gasteiger partial charge >= 0.3 is 5.69 Å². The van der Waals surface area contributed by atoms with Gasteiger partial charge in [-0.2, -0.15) is 0 Å². The van der Waals surface area contributed by atoms with E-state index in [9.17, 15) is 10.1 Å². The van der Waals surface area contributed by atoms with Crippen LogP contribution in [0.5, 0.6) is 5.75 Å². The fourth-order valence-electron chi connectivity index (χ4n) is 3.41. The fraction of sp³-hybridized carbons (Fsp3) is 0.625. The Morgan fingerprint density at radius 3 is 2.52 bits per heavy atom. The second-order valence-corrected chi connectivity index (χ2v) is 5.98. The van der Waals surface area contributed by atoms with E-state index in [1.807, 2.05) is 6.07 Å². The molecule has 1 aromatic carbocycles. The molecule has 0 unspecified atom stereocenters. The zero-order valence-electron chi connectivity index (χ0n) is 13.4. The van der Waals surface area contributed by atoms with Gasteiger partial charge in [0.15, 0.2) is 5.75 Å². The zero-order valence-corrected chi connectivity index (χ0v) is 13.4. The fourth-order valence-corrected chi connectivity index (χ4v) is 3.41. The van der Waals surface area contributed by atoms with Crippen LogP contribution in [0.25, 0.3) is 0 Å². The van der Waals surface area contributed by atoms with Gasteiger partial charge < -0.3 is 14.4 Å².